The molecular weight excluding hydrogens is 340 g/mol. The highest BCUT2D eigenvalue weighted by atomic mass is 16.5. The number of ether oxygens (including phenoxy) is 1. The Bertz CT molecular complexity index is 757. The molecule has 0 spiro atoms. The van der Waals surface area contributed by atoms with E-state index in [1.807, 2.05) is 59.5 Å². The van der Waals surface area contributed by atoms with Gasteiger partial charge in [0, 0.05) is 30.9 Å². The highest BCUT2D eigenvalue weighted by molar-refractivity contribution is 5.95. The molecule has 27 heavy (non-hydrogen) atoms. The van der Waals surface area contributed by atoms with Crippen LogP contribution in [0.25, 0.3) is 0 Å². The lowest BCUT2D eigenvalue weighted by molar-refractivity contribution is -0.0811. The van der Waals surface area contributed by atoms with Gasteiger partial charge in [0.2, 0.25) is 0 Å². The van der Waals surface area contributed by atoms with Crippen molar-refractivity contribution in [3.63, 3.8) is 0 Å². The summed E-state index contributed by atoms with van der Waals surface area (Å²) in [5, 5.41) is 9.78. The maximum atomic E-state index is 13.3. The Labute approximate surface area is 160 Å². The lowest BCUT2D eigenvalue weighted by Gasteiger charge is -2.41. The van der Waals surface area contributed by atoms with Gasteiger partial charge >= 0.3 is 0 Å². The minimum absolute atomic E-state index is 0.0152. The van der Waals surface area contributed by atoms with Gasteiger partial charge in [0.1, 0.15) is 6.10 Å². The molecular formula is C22H26N2O3. The van der Waals surface area contributed by atoms with Gasteiger partial charge in [-0.05, 0) is 42.7 Å². The average Bonchev–Trinajstić information content (AvgIpc) is 3.28. The first-order valence-corrected chi connectivity index (χ1v) is 9.71. The molecule has 1 amide bonds. The van der Waals surface area contributed by atoms with Crippen LogP contribution in [-0.2, 0) is 4.74 Å². The van der Waals surface area contributed by atoms with Gasteiger partial charge in [-0.25, -0.2) is 0 Å². The zero-order valence-corrected chi connectivity index (χ0v) is 15.5. The van der Waals surface area contributed by atoms with Gasteiger partial charge in [0.05, 0.1) is 19.3 Å². The first-order valence-electron chi connectivity index (χ1n) is 9.71. The molecule has 2 aliphatic rings. The van der Waals surface area contributed by atoms with E-state index in [4.69, 9.17) is 4.74 Å². The van der Waals surface area contributed by atoms with E-state index in [0.717, 1.165) is 18.7 Å². The first-order chi connectivity index (χ1) is 13.3. The van der Waals surface area contributed by atoms with Crippen molar-refractivity contribution >= 4 is 11.6 Å². The molecule has 2 fully saturated rings. The second kappa shape index (κ2) is 8.11. The van der Waals surface area contributed by atoms with E-state index in [0.29, 0.717) is 18.7 Å². The van der Waals surface area contributed by atoms with Crippen molar-refractivity contribution in [2.45, 2.75) is 25.0 Å². The van der Waals surface area contributed by atoms with Gasteiger partial charge in [-0.1, -0.05) is 30.3 Å². The summed E-state index contributed by atoms with van der Waals surface area (Å²) in [4.78, 5) is 17.4. The Morgan fingerprint density at radius 2 is 1.70 bits per heavy atom. The number of carbonyl (C=O) groups is 1. The molecule has 0 aromatic heterocycles. The molecule has 2 aliphatic heterocycles. The molecule has 5 nitrogen and oxygen atoms in total. The standard InChI is InChI=1S/C22H26N2O3/c25-16-20-21(17-6-2-1-3-7-17)24(14-15-27-20)22(26)18-8-10-19(11-9-18)23-12-4-5-13-23/h1-3,6-11,20-21,25H,4-5,12-16H2/t20-,21-/m1/s1. The summed E-state index contributed by atoms with van der Waals surface area (Å²) in [6.45, 7) is 3.02. The summed E-state index contributed by atoms with van der Waals surface area (Å²) < 4.78 is 5.75. The van der Waals surface area contributed by atoms with Crippen molar-refractivity contribution in [3.8, 4) is 0 Å². The maximum Gasteiger partial charge on any atom is 0.254 e. The Morgan fingerprint density at radius 3 is 2.37 bits per heavy atom. The van der Waals surface area contributed by atoms with Crippen LogP contribution >= 0.6 is 0 Å². The summed E-state index contributed by atoms with van der Waals surface area (Å²) in [7, 11) is 0. The Hall–Kier alpha value is -2.37. The highest BCUT2D eigenvalue weighted by Crippen LogP contribution is 2.31. The van der Waals surface area contributed by atoms with Crippen LogP contribution in [0.5, 0.6) is 0 Å². The van der Waals surface area contributed by atoms with E-state index < -0.39 is 6.10 Å². The van der Waals surface area contributed by atoms with Crippen LogP contribution in [0, 0.1) is 0 Å². The fraction of sp³-hybridized carbons (Fsp3) is 0.409. The molecule has 2 saturated heterocycles. The van der Waals surface area contributed by atoms with E-state index in [-0.39, 0.29) is 18.6 Å². The average molecular weight is 366 g/mol. The van der Waals surface area contributed by atoms with Crippen molar-refractivity contribution in [1.29, 1.82) is 0 Å². The number of aliphatic hydroxyl groups excluding tert-OH is 1. The molecule has 0 saturated carbocycles. The van der Waals surface area contributed by atoms with E-state index >= 15 is 0 Å². The van der Waals surface area contributed by atoms with Crippen LogP contribution in [0.1, 0.15) is 34.8 Å². The second-order valence-electron chi connectivity index (χ2n) is 7.19. The number of morpholine rings is 1. The molecule has 0 aliphatic carbocycles. The van der Waals surface area contributed by atoms with Crippen LogP contribution in [-0.4, -0.2) is 54.9 Å². The van der Waals surface area contributed by atoms with Crippen LogP contribution in [0.3, 0.4) is 0 Å². The molecule has 2 aromatic carbocycles. The molecule has 142 valence electrons. The lowest BCUT2D eigenvalue weighted by atomic mass is 9.97. The number of aliphatic hydroxyl groups is 1. The lowest BCUT2D eigenvalue weighted by Crippen LogP contribution is -2.49. The second-order valence-corrected chi connectivity index (χ2v) is 7.19. The highest BCUT2D eigenvalue weighted by Gasteiger charge is 2.36. The molecule has 2 atom stereocenters. The third-order valence-corrected chi connectivity index (χ3v) is 5.52. The Kier molecular flexibility index (Phi) is 5.41. The van der Waals surface area contributed by atoms with Crippen molar-refractivity contribution in [1.82, 2.24) is 4.90 Å². The zero-order chi connectivity index (χ0) is 18.6. The van der Waals surface area contributed by atoms with Gasteiger partial charge in [-0.15, -0.1) is 0 Å². The zero-order valence-electron chi connectivity index (χ0n) is 15.5. The Balaban J connectivity index is 1.58. The van der Waals surface area contributed by atoms with Gasteiger partial charge in [0.25, 0.3) is 5.91 Å². The smallest absolute Gasteiger partial charge is 0.254 e. The fourth-order valence-corrected chi connectivity index (χ4v) is 4.11. The number of carbonyl (C=O) groups excluding carboxylic acids is 1. The number of nitrogens with zero attached hydrogens (tertiary/aromatic N) is 2. The fourth-order valence-electron chi connectivity index (χ4n) is 4.11. The van der Waals surface area contributed by atoms with Crippen molar-refractivity contribution in [3.05, 3.63) is 65.7 Å². The van der Waals surface area contributed by atoms with Crippen molar-refractivity contribution in [2.75, 3.05) is 37.7 Å². The van der Waals surface area contributed by atoms with Gasteiger partial charge in [-0.3, -0.25) is 4.79 Å². The quantitative estimate of drug-likeness (QED) is 0.904. The molecule has 2 heterocycles. The number of hydrogen-bond acceptors (Lipinski definition) is 4. The maximum absolute atomic E-state index is 13.3. The van der Waals surface area contributed by atoms with Crippen molar-refractivity contribution in [2.24, 2.45) is 0 Å². The summed E-state index contributed by atoms with van der Waals surface area (Å²) in [5.41, 5.74) is 2.84. The third-order valence-electron chi connectivity index (χ3n) is 5.52. The first kappa shape index (κ1) is 18.0. The van der Waals surface area contributed by atoms with Gasteiger partial charge in [-0.2, -0.15) is 0 Å². The topological polar surface area (TPSA) is 53.0 Å². The minimum atomic E-state index is -0.408. The minimum Gasteiger partial charge on any atom is -0.394 e. The summed E-state index contributed by atoms with van der Waals surface area (Å²) in [6.07, 6.45) is 2.06. The summed E-state index contributed by atoms with van der Waals surface area (Å²) >= 11 is 0. The van der Waals surface area contributed by atoms with E-state index in [9.17, 15) is 9.90 Å². The largest absolute Gasteiger partial charge is 0.394 e. The molecule has 4 rings (SSSR count). The predicted octanol–water partition coefficient (Wildman–Crippen LogP) is 2.86. The molecule has 1 N–H and O–H groups in total. The third kappa shape index (κ3) is 3.70. The van der Waals surface area contributed by atoms with Gasteiger partial charge in [0.15, 0.2) is 0 Å². The number of hydrogen-bond donors (Lipinski definition) is 1. The number of benzene rings is 2. The van der Waals surface area contributed by atoms with E-state index in [2.05, 4.69) is 4.90 Å². The molecule has 0 radical (unpaired) electrons. The number of rotatable bonds is 4. The van der Waals surface area contributed by atoms with Crippen LogP contribution in [0.4, 0.5) is 5.69 Å². The Morgan fingerprint density at radius 1 is 1.00 bits per heavy atom. The summed E-state index contributed by atoms with van der Waals surface area (Å²) in [6, 6.07) is 17.5. The normalized spacial score (nSPS) is 22.9. The van der Waals surface area contributed by atoms with E-state index in [1.54, 1.807) is 0 Å². The molecule has 5 heteroatoms. The molecule has 0 unspecified atom stereocenters. The van der Waals surface area contributed by atoms with Gasteiger partial charge < -0.3 is 19.6 Å². The SMILES string of the molecule is O=C(c1ccc(N2CCCC2)cc1)N1CCO[C@H](CO)[C@H]1c1ccccc1. The molecule has 0 bridgehead atoms. The number of anilines is 1. The van der Waals surface area contributed by atoms with Crippen LogP contribution < -0.4 is 4.90 Å². The van der Waals surface area contributed by atoms with Crippen LogP contribution in [0.15, 0.2) is 54.6 Å². The summed E-state index contributed by atoms with van der Waals surface area (Å²) in [5.74, 6) is -0.0152. The van der Waals surface area contributed by atoms with Crippen LogP contribution in [0.2, 0.25) is 0 Å². The number of amides is 1. The predicted molar refractivity (Wildman–Crippen MR) is 105 cm³/mol. The van der Waals surface area contributed by atoms with E-state index in [1.165, 1.54) is 18.5 Å². The monoisotopic (exact) mass is 366 g/mol. The van der Waals surface area contributed by atoms with Crippen molar-refractivity contribution < 1.29 is 14.6 Å². The molecule has 2 aromatic rings.